The predicted octanol–water partition coefficient (Wildman–Crippen LogP) is 4.25. The van der Waals surface area contributed by atoms with Crippen LogP contribution in [0, 0.1) is 5.82 Å². The summed E-state index contributed by atoms with van der Waals surface area (Å²) in [5.41, 5.74) is 0.819. The molecule has 6 nitrogen and oxygen atoms in total. The lowest BCUT2D eigenvalue weighted by atomic mass is 10.0. The second-order valence-corrected chi connectivity index (χ2v) is 6.68. The lowest BCUT2D eigenvalue weighted by molar-refractivity contribution is 0.0556. The third-order valence-corrected chi connectivity index (χ3v) is 4.92. The quantitative estimate of drug-likeness (QED) is 0.676. The van der Waals surface area contributed by atoms with E-state index in [0.29, 0.717) is 30.4 Å². The van der Waals surface area contributed by atoms with Gasteiger partial charge in [-0.05, 0) is 43.5 Å². The first-order chi connectivity index (χ1) is 13.7. The third kappa shape index (κ3) is 3.47. The van der Waals surface area contributed by atoms with Crippen molar-refractivity contribution in [2.24, 2.45) is 0 Å². The van der Waals surface area contributed by atoms with Gasteiger partial charge in [-0.15, -0.1) is 0 Å². The minimum absolute atomic E-state index is 0.0573. The van der Waals surface area contributed by atoms with Crippen molar-refractivity contribution in [1.29, 1.82) is 0 Å². The summed E-state index contributed by atoms with van der Waals surface area (Å²) in [5, 5.41) is 4.07. The molecule has 2 heterocycles. The molecule has 144 valence electrons. The van der Waals surface area contributed by atoms with Gasteiger partial charge < -0.3 is 14.2 Å². The summed E-state index contributed by atoms with van der Waals surface area (Å²) >= 11 is 0. The number of benzene rings is 2. The molecule has 3 aromatic rings. The normalized spacial score (nSPS) is 16.8. The fourth-order valence-electron chi connectivity index (χ4n) is 3.47. The molecule has 0 aliphatic carbocycles. The summed E-state index contributed by atoms with van der Waals surface area (Å²) < 4.78 is 24.8. The van der Waals surface area contributed by atoms with Crippen molar-refractivity contribution < 1.29 is 18.4 Å². The lowest BCUT2D eigenvalue weighted by Crippen LogP contribution is -2.39. The molecule has 0 radical (unpaired) electrons. The maximum Gasteiger partial charge on any atom is 0.257 e. The van der Waals surface area contributed by atoms with Crippen molar-refractivity contribution >= 4 is 5.91 Å². The molecule has 1 aliphatic heterocycles. The number of amides is 1. The van der Waals surface area contributed by atoms with Gasteiger partial charge in [-0.3, -0.25) is 4.79 Å². The number of halogens is 1. The Kier molecular flexibility index (Phi) is 5.06. The number of rotatable bonds is 4. The Morgan fingerprint density at radius 3 is 2.89 bits per heavy atom. The van der Waals surface area contributed by atoms with E-state index in [0.717, 1.165) is 18.4 Å². The van der Waals surface area contributed by atoms with Crippen LogP contribution in [-0.4, -0.2) is 34.6 Å². The van der Waals surface area contributed by atoms with Crippen LogP contribution < -0.4 is 4.74 Å². The fraction of sp³-hybridized carbons (Fsp3) is 0.286. The standard InChI is InChI=1S/C21H20FN3O3/c1-27-15-8-6-7-14(13-15)19-23-20(28-24-19)18-11-4-5-12-25(18)21(26)16-9-2-3-10-17(16)22/h2-3,6-10,13,18H,4-5,11-12H2,1H3. The van der Waals surface area contributed by atoms with Crippen molar-refractivity contribution in [2.75, 3.05) is 13.7 Å². The van der Waals surface area contributed by atoms with E-state index < -0.39 is 5.82 Å². The Morgan fingerprint density at radius 2 is 2.07 bits per heavy atom. The van der Waals surface area contributed by atoms with Gasteiger partial charge in [-0.25, -0.2) is 4.39 Å². The van der Waals surface area contributed by atoms with Gasteiger partial charge in [0.15, 0.2) is 0 Å². The van der Waals surface area contributed by atoms with Crippen LogP contribution in [0.15, 0.2) is 53.1 Å². The fourth-order valence-corrected chi connectivity index (χ4v) is 3.47. The predicted molar refractivity (Wildman–Crippen MR) is 100 cm³/mol. The SMILES string of the molecule is COc1cccc(-c2noc(C3CCCCN3C(=O)c3ccccc3F)n2)c1. The summed E-state index contributed by atoms with van der Waals surface area (Å²) in [6, 6.07) is 13.0. The number of hydrogen-bond donors (Lipinski definition) is 0. The number of ether oxygens (including phenoxy) is 1. The molecule has 1 aromatic heterocycles. The number of likely N-dealkylation sites (tertiary alicyclic amines) is 1. The average Bonchev–Trinajstić information content (AvgIpc) is 3.24. The van der Waals surface area contributed by atoms with Gasteiger partial charge in [0.05, 0.1) is 12.7 Å². The second kappa shape index (κ2) is 7.80. The van der Waals surface area contributed by atoms with Gasteiger partial charge in [0.1, 0.15) is 17.6 Å². The molecule has 1 amide bonds. The summed E-state index contributed by atoms with van der Waals surface area (Å²) in [5.74, 6) is 0.598. The van der Waals surface area contributed by atoms with Crippen LogP contribution >= 0.6 is 0 Å². The third-order valence-electron chi connectivity index (χ3n) is 4.92. The number of hydrogen-bond acceptors (Lipinski definition) is 5. The van der Waals surface area contributed by atoms with Gasteiger partial charge in [0.2, 0.25) is 11.7 Å². The average molecular weight is 381 g/mol. The van der Waals surface area contributed by atoms with E-state index in [2.05, 4.69) is 10.1 Å². The number of methoxy groups -OCH3 is 1. The van der Waals surface area contributed by atoms with Crippen LogP contribution in [0.3, 0.4) is 0 Å². The molecule has 0 N–H and O–H groups in total. The van der Waals surface area contributed by atoms with E-state index in [1.165, 1.54) is 12.1 Å². The van der Waals surface area contributed by atoms with Gasteiger partial charge >= 0.3 is 0 Å². The maximum absolute atomic E-state index is 14.1. The van der Waals surface area contributed by atoms with Gasteiger partial charge in [-0.1, -0.05) is 29.4 Å². The van der Waals surface area contributed by atoms with Gasteiger partial charge in [0, 0.05) is 12.1 Å². The summed E-state index contributed by atoms with van der Waals surface area (Å²) in [6.07, 6.45) is 2.48. The molecule has 0 spiro atoms. The molecule has 2 aromatic carbocycles. The molecule has 28 heavy (non-hydrogen) atoms. The van der Waals surface area contributed by atoms with Crippen molar-refractivity contribution in [1.82, 2.24) is 15.0 Å². The van der Waals surface area contributed by atoms with E-state index in [1.807, 2.05) is 24.3 Å². The molecule has 7 heteroatoms. The van der Waals surface area contributed by atoms with Crippen LogP contribution in [0.25, 0.3) is 11.4 Å². The van der Waals surface area contributed by atoms with Crippen LogP contribution in [0.1, 0.15) is 41.6 Å². The van der Waals surface area contributed by atoms with Crippen LogP contribution in [0.5, 0.6) is 5.75 Å². The minimum atomic E-state index is -0.528. The first-order valence-electron chi connectivity index (χ1n) is 9.21. The number of aromatic nitrogens is 2. The number of carbonyl (C=O) groups excluding carboxylic acids is 1. The van der Waals surface area contributed by atoms with Crippen LogP contribution in [0.2, 0.25) is 0 Å². The highest BCUT2D eigenvalue weighted by Crippen LogP contribution is 2.33. The molecule has 1 aliphatic rings. The zero-order chi connectivity index (χ0) is 19.5. The summed E-state index contributed by atoms with van der Waals surface area (Å²) in [4.78, 5) is 19.1. The number of piperidine rings is 1. The zero-order valence-electron chi connectivity index (χ0n) is 15.5. The van der Waals surface area contributed by atoms with Gasteiger partial charge in [0.25, 0.3) is 5.91 Å². The topological polar surface area (TPSA) is 68.5 Å². The highest BCUT2D eigenvalue weighted by Gasteiger charge is 2.33. The molecule has 0 bridgehead atoms. The largest absolute Gasteiger partial charge is 0.497 e. The molecule has 1 saturated heterocycles. The Morgan fingerprint density at radius 1 is 1.21 bits per heavy atom. The molecule has 4 rings (SSSR count). The lowest BCUT2D eigenvalue weighted by Gasteiger charge is -2.33. The van der Waals surface area contributed by atoms with E-state index in [-0.39, 0.29) is 17.5 Å². The van der Waals surface area contributed by atoms with Crippen molar-refractivity contribution in [3.63, 3.8) is 0 Å². The Bertz CT molecular complexity index is 988. The monoisotopic (exact) mass is 381 g/mol. The molecule has 0 saturated carbocycles. The Balaban J connectivity index is 1.63. The van der Waals surface area contributed by atoms with E-state index in [1.54, 1.807) is 24.1 Å². The first kappa shape index (κ1) is 18.2. The van der Waals surface area contributed by atoms with E-state index >= 15 is 0 Å². The number of nitrogens with zero attached hydrogens (tertiary/aromatic N) is 3. The van der Waals surface area contributed by atoms with Crippen molar-refractivity contribution in [3.05, 3.63) is 65.8 Å². The van der Waals surface area contributed by atoms with Crippen molar-refractivity contribution in [3.8, 4) is 17.1 Å². The molecular formula is C21H20FN3O3. The molecule has 1 fully saturated rings. The Labute approximate surface area is 161 Å². The van der Waals surface area contributed by atoms with Gasteiger partial charge in [-0.2, -0.15) is 4.98 Å². The summed E-state index contributed by atoms with van der Waals surface area (Å²) in [6.45, 7) is 0.523. The highest BCUT2D eigenvalue weighted by molar-refractivity contribution is 5.94. The van der Waals surface area contributed by atoms with Crippen molar-refractivity contribution in [2.45, 2.75) is 25.3 Å². The molecule has 1 atom stereocenters. The molecule has 1 unspecified atom stereocenters. The van der Waals surface area contributed by atoms with E-state index in [9.17, 15) is 9.18 Å². The molecular weight excluding hydrogens is 361 g/mol. The number of carbonyl (C=O) groups is 1. The minimum Gasteiger partial charge on any atom is -0.497 e. The highest BCUT2D eigenvalue weighted by atomic mass is 19.1. The maximum atomic E-state index is 14.1. The van der Waals surface area contributed by atoms with Crippen LogP contribution in [0.4, 0.5) is 4.39 Å². The van der Waals surface area contributed by atoms with E-state index in [4.69, 9.17) is 9.26 Å². The smallest absolute Gasteiger partial charge is 0.257 e. The zero-order valence-corrected chi connectivity index (χ0v) is 15.5. The first-order valence-corrected chi connectivity index (χ1v) is 9.21. The second-order valence-electron chi connectivity index (χ2n) is 6.68. The Hall–Kier alpha value is -3.22. The van der Waals surface area contributed by atoms with Crippen LogP contribution in [-0.2, 0) is 0 Å². The summed E-state index contributed by atoms with van der Waals surface area (Å²) in [7, 11) is 1.59.